The lowest BCUT2D eigenvalue weighted by atomic mass is 9.99. The van der Waals surface area contributed by atoms with E-state index in [1.54, 1.807) is 18.0 Å². The van der Waals surface area contributed by atoms with Crippen molar-refractivity contribution in [1.29, 1.82) is 0 Å². The van der Waals surface area contributed by atoms with Gasteiger partial charge in [-0.25, -0.2) is 4.79 Å². The van der Waals surface area contributed by atoms with Crippen molar-refractivity contribution in [1.82, 2.24) is 0 Å². The Morgan fingerprint density at radius 2 is 2.05 bits per heavy atom. The van der Waals surface area contributed by atoms with Gasteiger partial charge < -0.3 is 5.11 Å². The molecule has 3 rings (SSSR count). The van der Waals surface area contributed by atoms with Gasteiger partial charge in [-0.15, -0.1) is 0 Å². The van der Waals surface area contributed by atoms with E-state index in [4.69, 9.17) is 0 Å². The molecule has 0 spiro atoms. The molecule has 0 saturated heterocycles. The Kier molecular flexibility index (Phi) is 4.15. The SMILES string of the molecule is CCSC1C=C(c2ccc(C3CC3)cc2)C=NC1C(=O)O. The van der Waals surface area contributed by atoms with Crippen molar-refractivity contribution >= 4 is 29.5 Å². The zero-order valence-corrected chi connectivity index (χ0v) is 12.8. The van der Waals surface area contributed by atoms with E-state index in [2.05, 4.69) is 29.3 Å². The Labute approximate surface area is 129 Å². The number of aliphatic imine (C=N–C) groups is 1. The molecule has 21 heavy (non-hydrogen) atoms. The maximum Gasteiger partial charge on any atom is 0.329 e. The molecule has 1 fully saturated rings. The smallest absolute Gasteiger partial charge is 0.329 e. The standard InChI is InChI=1S/C17H19NO2S/c1-2-21-15-9-14(10-18-16(15)17(19)20)13-7-5-12(6-8-13)11-3-4-11/h5-11,15-16H,2-4H2,1H3,(H,19,20). The molecule has 110 valence electrons. The van der Waals surface area contributed by atoms with Gasteiger partial charge in [0, 0.05) is 6.21 Å². The average Bonchev–Trinajstić information content (AvgIpc) is 3.32. The number of carboxylic acid groups (broad SMARTS) is 1. The van der Waals surface area contributed by atoms with E-state index in [0.29, 0.717) is 0 Å². The number of carboxylic acids is 1. The monoisotopic (exact) mass is 301 g/mol. The van der Waals surface area contributed by atoms with Crippen LogP contribution in [0.2, 0.25) is 0 Å². The third-order valence-corrected chi connectivity index (χ3v) is 5.05. The molecule has 2 atom stereocenters. The molecule has 0 radical (unpaired) electrons. The Morgan fingerprint density at radius 3 is 2.62 bits per heavy atom. The zero-order valence-electron chi connectivity index (χ0n) is 12.0. The maximum absolute atomic E-state index is 11.3. The summed E-state index contributed by atoms with van der Waals surface area (Å²) in [5.74, 6) is 0.790. The number of allylic oxidation sites excluding steroid dienone is 1. The molecule has 0 aromatic heterocycles. The lowest BCUT2D eigenvalue weighted by Crippen LogP contribution is -2.31. The summed E-state index contributed by atoms with van der Waals surface area (Å²) in [4.78, 5) is 15.5. The quantitative estimate of drug-likeness (QED) is 0.904. The van der Waals surface area contributed by atoms with Crippen molar-refractivity contribution in [2.45, 2.75) is 37.0 Å². The van der Waals surface area contributed by atoms with Crippen LogP contribution < -0.4 is 0 Å². The van der Waals surface area contributed by atoms with E-state index in [9.17, 15) is 9.90 Å². The first-order valence-electron chi connectivity index (χ1n) is 7.38. The summed E-state index contributed by atoms with van der Waals surface area (Å²) in [6, 6.07) is 7.96. The molecule has 1 saturated carbocycles. The highest BCUT2D eigenvalue weighted by atomic mass is 32.2. The highest BCUT2D eigenvalue weighted by molar-refractivity contribution is 8.00. The molecule has 1 aromatic carbocycles. The predicted octanol–water partition coefficient (Wildman–Crippen LogP) is 3.61. The van der Waals surface area contributed by atoms with Crippen LogP contribution in [0.3, 0.4) is 0 Å². The molecule has 3 nitrogen and oxygen atoms in total. The van der Waals surface area contributed by atoms with Crippen LogP contribution in [0.15, 0.2) is 35.3 Å². The number of thioether (sulfide) groups is 1. The van der Waals surface area contributed by atoms with Gasteiger partial charge >= 0.3 is 5.97 Å². The van der Waals surface area contributed by atoms with Crippen LogP contribution in [-0.2, 0) is 4.79 Å². The van der Waals surface area contributed by atoms with Gasteiger partial charge in [0.1, 0.15) is 0 Å². The van der Waals surface area contributed by atoms with E-state index < -0.39 is 12.0 Å². The Balaban J connectivity index is 1.82. The van der Waals surface area contributed by atoms with Crippen molar-refractivity contribution in [3.05, 3.63) is 41.5 Å². The summed E-state index contributed by atoms with van der Waals surface area (Å²) in [5.41, 5.74) is 3.56. The third kappa shape index (κ3) is 3.21. The Morgan fingerprint density at radius 1 is 1.33 bits per heavy atom. The minimum atomic E-state index is -0.850. The molecule has 1 heterocycles. The Hall–Kier alpha value is -1.55. The van der Waals surface area contributed by atoms with Gasteiger partial charge in [0.2, 0.25) is 0 Å². The first-order valence-corrected chi connectivity index (χ1v) is 8.43. The number of aliphatic carboxylic acids is 1. The number of benzene rings is 1. The fraction of sp³-hybridized carbons (Fsp3) is 0.412. The van der Waals surface area contributed by atoms with Crippen molar-refractivity contribution in [3.8, 4) is 0 Å². The second-order valence-electron chi connectivity index (χ2n) is 5.50. The van der Waals surface area contributed by atoms with Crippen molar-refractivity contribution in [2.75, 3.05) is 5.75 Å². The molecule has 1 aliphatic carbocycles. The van der Waals surface area contributed by atoms with Gasteiger partial charge in [0.15, 0.2) is 6.04 Å². The molecule has 2 unspecified atom stereocenters. The van der Waals surface area contributed by atoms with E-state index in [1.807, 2.05) is 13.0 Å². The van der Waals surface area contributed by atoms with Crippen LogP contribution in [0.5, 0.6) is 0 Å². The predicted molar refractivity (Wildman–Crippen MR) is 88.2 cm³/mol. The fourth-order valence-corrected chi connectivity index (χ4v) is 3.62. The van der Waals surface area contributed by atoms with Crippen molar-refractivity contribution in [3.63, 3.8) is 0 Å². The normalized spacial score (nSPS) is 24.7. The van der Waals surface area contributed by atoms with Crippen LogP contribution >= 0.6 is 11.8 Å². The third-order valence-electron chi connectivity index (χ3n) is 3.93. The summed E-state index contributed by atoms with van der Waals surface area (Å²) < 4.78 is 0. The van der Waals surface area contributed by atoms with Crippen LogP contribution in [0.25, 0.3) is 5.57 Å². The van der Waals surface area contributed by atoms with Gasteiger partial charge in [-0.3, -0.25) is 4.99 Å². The summed E-state index contributed by atoms with van der Waals surface area (Å²) in [7, 11) is 0. The molecule has 1 N–H and O–H groups in total. The van der Waals surface area contributed by atoms with E-state index in [0.717, 1.165) is 22.8 Å². The van der Waals surface area contributed by atoms with Gasteiger partial charge in [-0.1, -0.05) is 37.3 Å². The van der Waals surface area contributed by atoms with Crippen molar-refractivity contribution < 1.29 is 9.90 Å². The topological polar surface area (TPSA) is 49.7 Å². The summed E-state index contributed by atoms with van der Waals surface area (Å²) >= 11 is 1.63. The first kappa shape index (κ1) is 14.4. The summed E-state index contributed by atoms with van der Waals surface area (Å²) in [6.07, 6.45) is 6.36. The molecule has 2 aliphatic rings. The molecular weight excluding hydrogens is 282 g/mol. The first-order chi connectivity index (χ1) is 10.2. The summed E-state index contributed by atoms with van der Waals surface area (Å²) in [6.45, 7) is 2.04. The number of hydrogen-bond donors (Lipinski definition) is 1. The van der Waals surface area contributed by atoms with E-state index in [1.165, 1.54) is 18.4 Å². The van der Waals surface area contributed by atoms with Crippen LogP contribution in [0.4, 0.5) is 0 Å². The Bertz CT molecular complexity index is 587. The lowest BCUT2D eigenvalue weighted by Gasteiger charge is -2.21. The molecule has 4 heteroatoms. The molecule has 0 bridgehead atoms. The number of carbonyl (C=O) groups is 1. The number of hydrogen-bond acceptors (Lipinski definition) is 3. The lowest BCUT2D eigenvalue weighted by molar-refractivity contribution is -0.138. The minimum Gasteiger partial charge on any atom is -0.480 e. The van der Waals surface area contributed by atoms with Crippen LogP contribution in [0.1, 0.15) is 36.8 Å². The van der Waals surface area contributed by atoms with Gasteiger partial charge in [0.05, 0.1) is 5.25 Å². The van der Waals surface area contributed by atoms with Gasteiger partial charge in [-0.2, -0.15) is 11.8 Å². The average molecular weight is 301 g/mol. The molecular formula is C17H19NO2S. The second-order valence-corrected chi connectivity index (χ2v) is 6.95. The largest absolute Gasteiger partial charge is 0.480 e. The van der Waals surface area contributed by atoms with Gasteiger partial charge in [-0.05, 0) is 41.2 Å². The minimum absolute atomic E-state index is 0.0874. The van der Waals surface area contributed by atoms with Gasteiger partial charge in [0.25, 0.3) is 0 Å². The second kappa shape index (κ2) is 6.06. The molecule has 1 aliphatic heterocycles. The number of rotatable bonds is 5. The van der Waals surface area contributed by atoms with Crippen LogP contribution in [-0.4, -0.2) is 34.3 Å². The van der Waals surface area contributed by atoms with E-state index >= 15 is 0 Å². The highest BCUT2D eigenvalue weighted by Gasteiger charge is 2.29. The molecule has 0 amide bonds. The molecule has 1 aromatic rings. The van der Waals surface area contributed by atoms with Crippen LogP contribution in [0, 0.1) is 0 Å². The highest BCUT2D eigenvalue weighted by Crippen LogP contribution is 2.40. The zero-order chi connectivity index (χ0) is 14.8. The van der Waals surface area contributed by atoms with Crippen molar-refractivity contribution in [2.24, 2.45) is 4.99 Å². The number of nitrogens with zero attached hydrogens (tertiary/aromatic N) is 1. The number of dihydropyridines is 1. The summed E-state index contributed by atoms with van der Waals surface area (Å²) in [5, 5.41) is 9.15. The maximum atomic E-state index is 11.3. The van der Waals surface area contributed by atoms with E-state index in [-0.39, 0.29) is 5.25 Å². The fourth-order valence-electron chi connectivity index (χ4n) is 2.63.